The van der Waals surface area contributed by atoms with Crippen molar-refractivity contribution in [2.45, 2.75) is 26.7 Å². The van der Waals surface area contributed by atoms with E-state index in [0.29, 0.717) is 13.2 Å². The van der Waals surface area contributed by atoms with Crippen LogP contribution in [0.5, 0.6) is 11.5 Å². The summed E-state index contributed by atoms with van der Waals surface area (Å²) in [6, 6.07) is 27.4. The Hall–Kier alpha value is -3.26. The van der Waals surface area contributed by atoms with Crippen molar-refractivity contribution in [3.63, 3.8) is 0 Å². The average molecular weight is 399 g/mol. The summed E-state index contributed by atoms with van der Waals surface area (Å²) in [6.07, 6.45) is 3.62. The molecule has 0 bridgehead atoms. The van der Waals surface area contributed by atoms with Crippen molar-refractivity contribution in [1.82, 2.24) is 0 Å². The SMILES string of the molecule is C=CC/C(=C(/Cc1ccccc1)c1ccc(OCC)cc1)c1ccc(OCC)cc1. The molecule has 3 aromatic carbocycles. The highest BCUT2D eigenvalue weighted by molar-refractivity contribution is 5.92. The molecule has 0 aliphatic rings. The van der Waals surface area contributed by atoms with Crippen molar-refractivity contribution >= 4 is 11.1 Å². The average Bonchev–Trinajstić information content (AvgIpc) is 2.79. The summed E-state index contributed by atoms with van der Waals surface area (Å²) in [4.78, 5) is 0. The van der Waals surface area contributed by atoms with Gasteiger partial charge in [-0.3, -0.25) is 0 Å². The summed E-state index contributed by atoms with van der Waals surface area (Å²) in [5.74, 6) is 1.79. The van der Waals surface area contributed by atoms with Crippen molar-refractivity contribution in [2.75, 3.05) is 13.2 Å². The molecule has 0 amide bonds. The Balaban J connectivity index is 2.09. The van der Waals surface area contributed by atoms with Crippen LogP contribution in [0, 0.1) is 0 Å². The van der Waals surface area contributed by atoms with Gasteiger partial charge in [0.25, 0.3) is 0 Å². The molecular weight excluding hydrogens is 368 g/mol. The molecule has 0 N–H and O–H groups in total. The molecule has 0 unspecified atom stereocenters. The second kappa shape index (κ2) is 11.1. The minimum atomic E-state index is 0.667. The van der Waals surface area contributed by atoms with Gasteiger partial charge in [-0.1, -0.05) is 60.7 Å². The van der Waals surface area contributed by atoms with E-state index in [-0.39, 0.29) is 0 Å². The summed E-state index contributed by atoms with van der Waals surface area (Å²) in [5, 5.41) is 0. The molecule has 0 fully saturated rings. The van der Waals surface area contributed by atoms with Crippen molar-refractivity contribution in [2.24, 2.45) is 0 Å². The first kappa shape index (κ1) is 21.4. The lowest BCUT2D eigenvalue weighted by atomic mass is 9.88. The Morgan fingerprint density at radius 3 is 1.67 bits per heavy atom. The van der Waals surface area contributed by atoms with Crippen molar-refractivity contribution in [3.8, 4) is 11.5 Å². The van der Waals surface area contributed by atoms with Gasteiger partial charge in [-0.25, -0.2) is 0 Å². The Morgan fingerprint density at radius 1 is 0.700 bits per heavy atom. The summed E-state index contributed by atoms with van der Waals surface area (Å²) in [6.45, 7) is 9.35. The molecule has 0 radical (unpaired) electrons. The van der Waals surface area contributed by atoms with Crippen LogP contribution >= 0.6 is 0 Å². The predicted molar refractivity (Wildman–Crippen MR) is 127 cm³/mol. The fraction of sp³-hybridized carbons (Fsp3) is 0.214. The van der Waals surface area contributed by atoms with Crippen LogP contribution in [0.1, 0.15) is 37.0 Å². The van der Waals surface area contributed by atoms with E-state index >= 15 is 0 Å². The largest absolute Gasteiger partial charge is 0.494 e. The summed E-state index contributed by atoms with van der Waals surface area (Å²) < 4.78 is 11.3. The number of benzene rings is 3. The summed E-state index contributed by atoms with van der Waals surface area (Å²) in [5.41, 5.74) is 6.26. The lowest BCUT2D eigenvalue weighted by Crippen LogP contribution is -1.98. The second-order valence-corrected chi connectivity index (χ2v) is 7.03. The molecule has 154 valence electrons. The van der Waals surface area contributed by atoms with Crippen LogP contribution in [0.4, 0.5) is 0 Å². The molecule has 0 saturated heterocycles. The number of hydrogen-bond acceptors (Lipinski definition) is 2. The number of rotatable bonds is 10. The topological polar surface area (TPSA) is 18.5 Å². The number of ether oxygens (including phenoxy) is 2. The van der Waals surface area contributed by atoms with Crippen molar-refractivity contribution in [1.29, 1.82) is 0 Å². The third-order valence-electron chi connectivity index (χ3n) is 4.96. The van der Waals surface area contributed by atoms with E-state index < -0.39 is 0 Å². The quantitative estimate of drug-likeness (QED) is 0.265. The maximum atomic E-state index is 5.64. The Bertz CT molecular complexity index is 952. The van der Waals surface area contributed by atoms with Gasteiger partial charge in [-0.2, -0.15) is 0 Å². The molecule has 2 nitrogen and oxygen atoms in total. The molecule has 0 spiro atoms. The van der Waals surface area contributed by atoms with Crippen molar-refractivity contribution in [3.05, 3.63) is 108 Å². The van der Waals surface area contributed by atoms with E-state index in [4.69, 9.17) is 9.47 Å². The lowest BCUT2D eigenvalue weighted by molar-refractivity contribution is 0.340. The molecule has 0 aromatic heterocycles. The van der Waals surface area contributed by atoms with Crippen LogP contribution in [0.3, 0.4) is 0 Å². The maximum Gasteiger partial charge on any atom is 0.119 e. The van der Waals surface area contributed by atoms with Gasteiger partial charge in [-0.05, 0) is 78.8 Å². The predicted octanol–water partition coefficient (Wildman–Crippen LogP) is 7.21. The fourth-order valence-electron chi connectivity index (χ4n) is 3.58. The third kappa shape index (κ3) is 5.64. The molecular formula is C28H30O2. The minimum absolute atomic E-state index is 0.667. The maximum absolute atomic E-state index is 5.64. The van der Waals surface area contributed by atoms with E-state index in [1.165, 1.54) is 27.8 Å². The van der Waals surface area contributed by atoms with Gasteiger partial charge in [-0.15, -0.1) is 6.58 Å². The third-order valence-corrected chi connectivity index (χ3v) is 4.96. The Morgan fingerprint density at radius 2 is 1.20 bits per heavy atom. The first-order valence-corrected chi connectivity index (χ1v) is 10.6. The van der Waals surface area contributed by atoms with Crippen LogP contribution in [0.15, 0.2) is 91.5 Å². The van der Waals surface area contributed by atoms with E-state index in [1.54, 1.807) is 0 Å². The van der Waals surface area contributed by atoms with Crippen LogP contribution in [-0.4, -0.2) is 13.2 Å². The molecule has 30 heavy (non-hydrogen) atoms. The monoisotopic (exact) mass is 398 g/mol. The molecule has 2 heteroatoms. The van der Waals surface area contributed by atoms with Gasteiger partial charge in [0.15, 0.2) is 0 Å². The second-order valence-electron chi connectivity index (χ2n) is 7.03. The lowest BCUT2D eigenvalue weighted by Gasteiger charge is -2.17. The summed E-state index contributed by atoms with van der Waals surface area (Å²) >= 11 is 0. The van der Waals surface area contributed by atoms with Gasteiger partial charge in [0, 0.05) is 0 Å². The van der Waals surface area contributed by atoms with Gasteiger partial charge in [0.2, 0.25) is 0 Å². The van der Waals surface area contributed by atoms with E-state index in [0.717, 1.165) is 24.3 Å². The molecule has 3 aromatic rings. The van der Waals surface area contributed by atoms with E-state index in [2.05, 4.69) is 61.2 Å². The normalized spacial score (nSPS) is 11.5. The zero-order valence-electron chi connectivity index (χ0n) is 17.9. The smallest absolute Gasteiger partial charge is 0.119 e. The van der Waals surface area contributed by atoms with Gasteiger partial charge >= 0.3 is 0 Å². The molecule has 0 heterocycles. The minimum Gasteiger partial charge on any atom is -0.494 e. The molecule has 3 rings (SSSR count). The molecule has 0 aliphatic heterocycles. The number of hydrogen-bond donors (Lipinski definition) is 0. The highest BCUT2D eigenvalue weighted by Crippen LogP contribution is 2.33. The first-order valence-electron chi connectivity index (χ1n) is 10.6. The first-order chi connectivity index (χ1) is 14.7. The van der Waals surface area contributed by atoms with E-state index in [1.807, 2.05) is 44.2 Å². The van der Waals surface area contributed by atoms with Crippen molar-refractivity contribution < 1.29 is 9.47 Å². The fourth-order valence-corrected chi connectivity index (χ4v) is 3.58. The van der Waals surface area contributed by atoms with Gasteiger partial charge in [0.05, 0.1) is 13.2 Å². The highest BCUT2D eigenvalue weighted by atomic mass is 16.5. The Kier molecular flexibility index (Phi) is 7.91. The van der Waals surface area contributed by atoms with Gasteiger partial charge in [0.1, 0.15) is 11.5 Å². The van der Waals surface area contributed by atoms with Crippen LogP contribution < -0.4 is 9.47 Å². The summed E-state index contributed by atoms with van der Waals surface area (Å²) in [7, 11) is 0. The Labute approximate surface area is 180 Å². The number of allylic oxidation sites excluding steroid dienone is 3. The highest BCUT2D eigenvalue weighted by Gasteiger charge is 2.13. The zero-order chi connectivity index (χ0) is 21.2. The molecule has 0 atom stereocenters. The molecule has 0 saturated carbocycles. The van der Waals surface area contributed by atoms with Crippen LogP contribution in [0.2, 0.25) is 0 Å². The zero-order valence-corrected chi connectivity index (χ0v) is 17.9. The molecule has 0 aliphatic carbocycles. The van der Waals surface area contributed by atoms with Crippen LogP contribution in [-0.2, 0) is 6.42 Å². The standard InChI is InChI=1S/C28H30O2/c1-4-10-27(23-13-17-25(18-14-23)29-5-2)28(21-22-11-8-7-9-12-22)24-15-19-26(20-16-24)30-6-3/h4,7-9,11-20H,1,5-6,10,21H2,2-3H3/b28-27+. The van der Waals surface area contributed by atoms with E-state index in [9.17, 15) is 0 Å². The van der Waals surface area contributed by atoms with Gasteiger partial charge < -0.3 is 9.47 Å². The van der Waals surface area contributed by atoms with Crippen LogP contribution in [0.25, 0.3) is 11.1 Å².